The predicted molar refractivity (Wildman–Crippen MR) is 71.1 cm³/mol. The van der Waals surface area contributed by atoms with E-state index in [1.54, 1.807) is 0 Å². The Bertz CT molecular complexity index is 321. The van der Waals surface area contributed by atoms with Crippen LogP contribution in [-0.2, 0) is 9.53 Å². The minimum absolute atomic E-state index is 0.0317. The Morgan fingerprint density at radius 3 is 1.94 bits per heavy atom. The standard InChI is InChI=1S/C16H26O2/c1-4-14(17)18-15(2,3)16-8-11-5-12(9-16)7-13(6-11)10-16/h11-13H,4-10H2,1-3H3. The summed E-state index contributed by atoms with van der Waals surface area (Å²) in [5.74, 6) is 2.71. The van der Waals surface area contributed by atoms with Gasteiger partial charge >= 0.3 is 5.97 Å². The summed E-state index contributed by atoms with van der Waals surface area (Å²) in [7, 11) is 0. The molecule has 2 heteroatoms. The number of rotatable bonds is 3. The average Bonchev–Trinajstić information content (AvgIpc) is 2.26. The molecule has 0 heterocycles. The lowest BCUT2D eigenvalue weighted by atomic mass is 9.46. The monoisotopic (exact) mass is 250 g/mol. The average molecular weight is 250 g/mol. The summed E-state index contributed by atoms with van der Waals surface area (Å²) in [6.45, 7) is 6.21. The normalized spacial score (nSPS) is 42.1. The first-order valence-electron chi connectivity index (χ1n) is 7.66. The highest BCUT2D eigenvalue weighted by Crippen LogP contribution is 2.64. The first-order chi connectivity index (χ1) is 8.44. The van der Waals surface area contributed by atoms with Crippen molar-refractivity contribution >= 4 is 5.97 Å². The second-order valence-electron chi connectivity index (χ2n) is 7.54. The highest BCUT2D eigenvalue weighted by molar-refractivity contribution is 5.69. The van der Waals surface area contributed by atoms with E-state index in [2.05, 4.69) is 13.8 Å². The van der Waals surface area contributed by atoms with Gasteiger partial charge < -0.3 is 4.74 Å². The van der Waals surface area contributed by atoms with Crippen molar-refractivity contribution in [1.29, 1.82) is 0 Å². The molecule has 0 aromatic rings. The lowest BCUT2D eigenvalue weighted by molar-refractivity contribution is -0.198. The minimum Gasteiger partial charge on any atom is -0.459 e. The van der Waals surface area contributed by atoms with Crippen LogP contribution in [0, 0.1) is 23.2 Å². The van der Waals surface area contributed by atoms with Crippen LogP contribution in [0.2, 0.25) is 0 Å². The second-order valence-corrected chi connectivity index (χ2v) is 7.54. The Morgan fingerprint density at radius 1 is 1.11 bits per heavy atom. The fourth-order valence-electron chi connectivity index (χ4n) is 5.31. The number of carbonyl (C=O) groups excluding carboxylic acids is 1. The minimum atomic E-state index is -0.268. The van der Waals surface area contributed by atoms with Gasteiger partial charge in [-0.2, -0.15) is 0 Å². The zero-order valence-corrected chi connectivity index (χ0v) is 12.0. The number of hydrogen-bond donors (Lipinski definition) is 0. The van der Waals surface area contributed by atoms with Crippen LogP contribution >= 0.6 is 0 Å². The summed E-state index contributed by atoms with van der Waals surface area (Å²) in [6, 6.07) is 0. The molecule has 0 N–H and O–H groups in total. The third-order valence-corrected chi connectivity index (χ3v) is 5.97. The SMILES string of the molecule is CCC(=O)OC(C)(C)C12CC3CC(CC(C3)C1)C2. The molecule has 0 saturated heterocycles. The van der Waals surface area contributed by atoms with Crippen molar-refractivity contribution in [3.63, 3.8) is 0 Å². The van der Waals surface area contributed by atoms with E-state index in [4.69, 9.17) is 4.74 Å². The van der Waals surface area contributed by atoms with Crippen molar-refractivity contribution in [2.75, 3.05) is 0 Å². The van der Waals surface area contributed by atoms with Crippen molar-refractivity contribution in [2.45, 2.75) is 71.3 Å². The van der Waals surface area contributed by atoms with Crippen LogP contribution in [0.3, 0.4) is 0 Å². The first-order valence-corrected chi connectivity index (χ1v) is 7.66. The van der Waals surface area contributed by atoms with Gasteiger partial charge in [0, 0.05) is 11.8 Å². The molecule has 102 valence electrons. The third-order valence-electron chi connectivity index (χ3n) is 5.97. The van der Waals surface area contributed by atoms with Crippen LogP contribution in [0.4, 0.5) is 0 Å². The van der Waals surface area contributed by atoms with Crippen molar-refractivity contribution in [2.24, 2.45) is 23.2 Å². The smallest absolute Gasteiger partial charge is 0.306 e. The maximum absolute atomic E-state index is 11.7. The van der Waals surface area contributed by atoms with Gasteiger partial charge in [-0.1, -0.05) is 6.92 Å². The molecule has 4 saturated carbocycles. The van der Waals surface area contributed by atoms with Gasteiger partial charge in [-0.15, -0.1) is 0 Å². The summed E-state index contributed by atoms with van der Waals surface area (Å²) in [5, 5.41) is 0. The Morgan fingerprint density at radius 2 is 1.56 bits per heavy atom. The fourth-order valence-corrected chi connectivity index (χ4v) is 5.31. The zero-order chi connectivity index (χ0) is 13.0. The van der Waals surface area contributed by atoms with Gasteiger partial charge in [0.1, 0.15) is 5.60 Å². The van der Waals surface area contributed by atoms with E-state index in [0.29, 0.717) is 6.42 Å². The molecule has 4 aliphatic rings. The molecular weight excluding hydrogens is 224 g/mol. The van der Waals surface area contributed by atoms with E-state index in [1.807, 2.05) is 6.92 Å². The molecule has 0 aliphatic heterocycles. The summed E-state index contributed by atoms with van der Waals surface area (Å²) >= 11 is 0. The van der Waals surface area contributed by atoms with E-state index < -0.39 is 0 Å². The van der Waals surface area contributed by atoms with Crippen molar-refractivity contribution < 1.29 is 9.53 Å². The molecule has 4 aliphatic carbocycles. The van der Waals surface area contributed by atoms with Gasteiger partial charge in [-0.05, 0) is 70.1 Å². The Kier molecular flexibility index (Phi) is 2.76. The zero-order valence-electron chi connectivity index (χ0n) is 12.0. The van der Waals surface area contributed by atoms with Crippen LogP contribution in [0.15, 0.2) is 0 Å². The molecular formula is C16H26O2. The first kappa shape index (κ1) is 12.5. The Balaban J connectivity index is 1.83. The topological polar surface area (TPSA) is 26.3 Å². The van der Waals surface area contributed by atoms with Crippen LogP contribution in [0.1, 0.15) is 65.7 Å². The molecule has 4 fully saturated rings. The molecule has 0 aromatic carbocycles. The molecule has 18 heavy (non-hydrogen) atoms. The fraction of sp³-hybridized carbons (Fsp3) is 0.938. The molecule has 0 spiro atoms. The predicted octanol–water partition coefficient (Wildman–Crippen LogP) is 3.93. The maximum Gasteiger partial charge on any atom is 0.306 e. The van der Waals surface area contributed by atoms with Crippen LogP contribution < -0.4 is 0 Å². The van der Waals surface area contributed by atoms with E-state index >= 15 is 0 Å². The van der Waals surface area contributed by atoms with Gasteiger partial charge in [0.05, 0.1) is 0 Å². The van der Waals surface area contributed by atoms with E-state index in [0.717, 1.165) is 17.8 Å². The Labute approximate surface area is 110 Å². The lowest BCUT2D eigenvalue weighted by Crippen LogP contribution is -2.57. The van der Waals surface area contributed by atoms with Crippen molar-refractivity contribution in [1.82, 2.24) is 0 Å². The van der Waals surface area contributed by atoms with E-state index in [1.165, 1.54) is 38.5 Å². The molecule has 0 aromatic heterocycles. The van der Waals surface area contributed by atoms with Gasteiger partial charge in [0.15, 0.2) is 0 Å². The number of esters is 1. The van der Waals surface area contributed by atoms with Crippen LogP contribution in [0.5, 0.6) is 0 Å². The molecule has 4 rings (SSSR count). The highest BCUT2D eigenvalue weighted by Gasteiger charge is 2.58. The maximum atomic E-state index is 11.7. The quantitative estimate of drug-likeness (QED) is 0.709. The number of carbonyl (C=O) groups is 1. The van der Waals surface area contributed by atoms with Crippen molar-refractivity contribution in [3.05, 3.63) is 0 Å². The van der Waals surface area contributed by atoms with Gasteiger partial charge in [0.25, 0.3) is 0 Å². The molecule has 0 amide bonds. The van der Waals surface area contributed by atoms with E-state index in [-0.39, 0.29) is 17.0 Å². The molecule has 0 unspecified atom stereocenters. The summed E-state index contributed by atoms with van der Waals surface area (Å²) < 4.78 is 5.83. The molecule has 4 bridgehead atoms. The lowest BCUT2D eigenvalue weighted by Gasteiger charge is -2.61. The highest BCUT2D eigenvalue weighted by atomic mass is 16.6. The largest absolute Gasteiger partial charge is 0.459 e. The third kappa shape index (κ3) is 1.80. The van der Waals surface area contributed by atoms with Crippen LogP contribution in [-0.4, -0.2) is 11.6 Å². The summed E-state index contributed by atoms with van der Waals surface area (Å²) in [6.07, 6.45) is 8.70. The summed E-state index contributed by atoms with van der Waals surface area (Å²) in [5.41, 5.74) is 0.0166. The number of ether oxygens (including phenoxy) is 1. The van der Waals surface area contributed by atoms with Gasteiger partial charge in [-0.3, -0.25) is 4.79 Å². The van der Waals surface area contributed by atoms with E-state index in [9.17, 15) is 4.79 Å². The molecule has 0 atom stereocenters. The summed E-state index contributed by atoms with van der Waals surface area (Å²) in [4.78, 5) is 11.7. The molecule has 2 nitrogen and oxygen atoms in total. The number of hydrogen-bond acceptors (Lipinski definition) is 2. The Hall–Kier alpha value is -0.530. The van der Waals surface area contributed by atoms with Gasteiger partial charge in [0.2, 0.25) is 0 Å². The second kappa shape index (κ2) is 3.98. The molecule has 0 radical (unpaired) electrons. The van der Waals surface area contributed by atoms with Crippen molar-refractivity contribution in [3.8, 4) is 0 Å². The van der Waals surface area contributed by atoms with Gasteiger partial charge in [-0.25, -0.2) is 0 Å². The van der Waals surface area contributed by atoms with Crippen LogP contribution in [0.25, 0.3) is 0 Å².